The molecule has 0 atom stereocenters. The van der Waals surface area contributed by atoms with Crippen molar-refractivity contribution in [2.75, 3.05) is 6.54 Å². The van der Waals surface area contributed by atoms with Crippen LogP contribution in [-0.2, 0) is 12.3 Å². The summed E-state index contributed by atoms with van der Waals surface area (Å²) in [5.41, 5.74) is 6.68. The summed E-state index contributed by atoms with van der Waals surface area (Å²) >= 11 is 1.42. The minimum absolute atomic E-state index is 0.348. The van der Waals surface area contributed by atoms with Gasteiger partial charge < -0.3 is 10.3 Å². The molecule has 2 aromatic rings. The lowest BCUT2D eigenvalue weighted by atomic mass is 10.1. The number of hydrogen-bond donors (Lipinski definition) is 1. The number of aryl methyl sites for hydroxylation is 1. The van der Waals surface area contributed by atoms with Crippen molar-refractivity contribution >= 4 is 11.8 Å². The Kier molecular flexibility index (Phi) is 4.71. The van der Waals surface area contributed by atoms with Gasteiger partial charge in [-0.2, -0.15) is 5.26 Å². The highest BCUT2D eigenvalue weighted by molar-refractivity contribution is 7.98. The highest BCUT2D eigenvalue weighted by Crippen LogP contribution is 2.24. The normalized spacial score (nSPS) is 10.5. The Morgan fingerprint density at radius 3 is 2.95 bits per heavy atom. The van der Waals surface area contributed by atoms with Gasteiger partial charge in [-0.05, 0) is 30.7 Å². The van der Waals surface area contributed by atoms with Crippen molar-refractivity contribution in [1.29, 1.82) is 5.26 Å². The molecule has 1 aromatic carbocycles. The fourth-order valence-electron chi connectivity index (χ4n) is 1.79. The quantitative estimate of drug-likeness (QED) is 0.850. The Morgan fingerprint density at radius 2 is 2.25 bits per heavy atom. The van der Waals surface area contributed by atoms with Crippen LogP contribution in [0.5, 0.6) is 0 Å². The van der Waals surface area contributed by atoms with Crippen molar-refractivity contribution < 1.29 is 4.39 Å². The summed E-state index contributed by atoms with van der Waals surface area (Å²) in [6.07, 6.45) is 0. The van der Waals surface area contributed by atoms with Gasteiger partial charge in [-0.25, -0.2) is 4.39 Å². The van der Waals surface area contributed by atoms with Crippen molar-refractivity contribution in [2.45, 2.75) is 24.4 Å². The third-order valence-corrected chi connectivity index (χ3v) is 3.81. The van der Waals surface area contributed by atoms with E-state index in [4.69, 9.17) is 11.0 Å². The van der Waals surface area contributed by atoms with Gasteiger partial charge in [0.2, 0.25) is 0 Å². The molecule has 5 nitrogen and oxygen atoms in total. The van der Waals surface area contributed by atoms with Gasteiger partial charge >= 0.3 is 0 Å². The predicted molar refractivity (Wildman–Crippen MR) is 74.5 cm³/mol. The monoisotopic (exact) mass is 291 g/mol. The van der Waals surface area contributed by atoms with Crippen molar-refractivity contribution in [2.24, 2.45) is 5.73 Å². The lowest BCUT2D eigenvalue weighted by Crippen LogP contribution is -2.12. The molecular formula is C13H14FN5S. The zero-order chi connectivity index (χ0) is 14.5. The van der Waals surface area contributed by atoms with Gasteiger partial charge in [0, 0.05) is 18.8 Å². The molecule has 7 heteroatoms. The lowest BCUT2D eigenvalue weighted by molar-refractivity contribution is 0.625. The molecule has 0 amide bonds. The average Bonchev–Trinajstić information content (AvgIpc) is 2.78. The van der Waals surface area contributed by atoms with E-state index in [1.807, 2.05) is 11.5 Å². The van der Waals surface area contributed by atoms with Gasteiger partial charge in [-0.15, -0.1) is 10.2 Å². The Labute approximate surface area is 120 Å². The first kappa shape index (κ1) is 14.5. The van der Waals surface area contributed by atoms with Crippen molar-refractivity contribution in [1.82, 2.24) is 14.8 Å². The van der Waals surface area contributed by atoms with Gasteiger partial charge in [0.05, 0.1) is 11.6 Å². The Hall–Kier alpha value is -1.91. The predicted octanol–water partition coefficient (Wildman–Crippen LogP) is 1.85. The van der Waals surface area contributed by atoms with E-state index in [0.29, 0.717) is 30.0 Å². The molecule has 0 spiro atoms. The minimum atomic E-state index is -0.348. The SMILES string of the molecule is Cc1nnc(SCc2cc(F)ccc2C#N)n1CCN. The van der Waals surface area contributed by atoms with Crippen LogP contribution in [0.2, 0.25) is 0 Å². The number of aromatic nitrogens is 3. The standard InChI is InChI=1S/C13H14FN5S/c1-9-17-18-13(19(9)5-4-15)20-8-11-6-12(14)3-2-10(11)7-16/h2-3,6H,4-5,8,15H2,1H3. The number of thioether (sulfide) groups is 1. The fraction of sp³-hybridized carbons (Fsp3) is 0.308. The maximum atomic E-state index is 13.2. The number of halogens is 1. The summed E-state index contributed by atoms with van der Waals surface area (Å²) in [5, 5.41) is 17.8. The van der Waals surface area contributed by atoms with Crippen LogP contribution in [0, 0.1) is 24.1 Å². The number of benzene rings is 1. The first-order chi connectivity index (χ1) is 9.65. The number of nitrogens with two attached hydrogens (primary N) is 1. The van der Waals surface area contributed by atoms with Gasteiger partial charge in [0.1, 0.15) is 11.6 Å². The van der Waals surface area contributed by atoms with Crippen LogP contribution in [0.1, 0.15) is 17.0 Å². The fourth-order valence-corrected chi connectivity index (χ4v) is 2.79. The molecule has 0 aliphatic heterocycles. The second kappa shape index (κ2) is 6.50. The zero-order valence-corrected chi connectivity index (χ0v) is 11.8. The van der Waals surface area contributed by atoms with Crippen molar-refractivity contribution in [3.8, 4) is 6.07 Å². The van der Waals surface area contributed by atoms with Gasteiger partial charge in [0.25, 0.3) is 0 Å². The summed E-state index contributed by atoms with van der Waals surface area (Å²) in [7, 11) is 0. The molecule has 1 heterocycles. The Morgan fingerprint density at radius 1 is 1.45 bits per heavy atom. The molecule has 20 heavy (non-hydrogen) atoms. The summed E-state index contributed by atoms with van der Waals surface area (Å²) < 4.78 is 15.2. The van der Waals surface area contributed by atoms with E-state index in [1.165, 1.54) is 30.0 Å². The summed E-state index contributed by atoms with van der Waals surface area (Å²) in [4.78, 5) is 0. The Balaban J connectivity index is 2.17. The topological polar surface area (TPSA) is 80.5 Å². The first-order valence-corrected chi connectivity index (χ1v) is 7.05. The molecule has 0 saturated carbocycles. The number of hydrogen-bond acceptors (Lipinski definition) is 5. The minimum Gasteiger partial charge on any atom is -0.329 e. The second-order valence-electron chi connectivity index (χ2n) is 4.17. The van der Waals surface area contributed by atoms with E-state index in [0.717, 1.165) is 11.0 Å². The molecule has 1 aromatic heterocycles. The van der Waals surface area contributed by atoms with Crippen LogP contribution >= 0.6 is 11.8 Å². The molecule has 0 aliphatic carbocycles. The van der Waals surface area contributed by atoms with Crippen LogP contribution in [-0.4, -0.2) is 21.3 Å². The van der Waals surface area contributed by atoms with Crippen LogP contribution in [0.4, 0.5) is 4.39 Å². The zero-order valence-electron chi connectivity index (χ0n) is 11.0. The van der Waals surface area contributed by atoms with Gasteiger partial charge in [-0.1, -0.05) is 11.8 Å². The number of nitrogens with zero attached hydrogens (tertiary/aromatic N) is 4. The molecule has 2 N–H and O–H groups in total. The highest BCUT2D eigenvalue weighted by atomic mass is 32.2. The largest absolute Gasteiger partial charge is 0.329 e. The summed E-state index contributed by atoms with van der Waals surface area (Å²) in [6, 6.07) is 6.21. The van der Waals surface area contributed by atoms with Gasteiger partial charge in [-0.3, -0.25) is 0 Å². The third kappa shape index (κ3) is 3.15. The van der Waals surface area contributed by atoms with Crippen molar-refractivity contribution in [3.05, 3.63) is 41.0 Å². The van der Waals surface area contributed by atoms with Crippen LogP contribution in [0.3, 0.4) is 0 Å². The maximum absolute atomic E-state index is 13.2. The molecule has 0 unspecified atom stereocenters. The van der Waals surface area contributed by atoms with E-state index in [-0.39, 0.29) is 5.82 Å². The first-order valence-electron chi connectivity index (χ1n) is 6.07. The second-order valence-corrected chi connectivity index (χ2v) is 5.11. The molecule has 0 radical (unpaired) electrons. The van der Waals surface area contributed by atoms with E-state index in [1.54, 1.807) is 0 Å². The molecule has 0 bridgehead atoms. The third-order valence-electron chi connectivity index (χ3n) is 2.80. The Bertz CT molecular complexity index is 647. The maximum Gasteiger partial charge on any atom is 0.191 e. The molecule has 2 rings (SSSR count). The van der Waals surface area contributed by atoms with Crippen LogP contribution < -0.4 is 5.73 Å². The van der Waals surface area contributed by atoms with E-state index < -0.39 is 0 Å². The number of rotatable bonds is 5. The molecule has 0 fully saturated rings. The molecule has 0 aliphatic rings. The summed E-state index contributed by atoms with van der Waals surface area (Å²) in [5.74, 6) is 0.903. The number of nitriles is 1. The van der Waals surface area contributed by atoms with E-state index >= 15 is 0 Å². The van der Waals surface area contributed by atoms with Crippen LogP contribution in [0.15, 0.2) is 23.4 Å². The van der Waals surface area contributed by atoms with E-state index in [2.05, 4.69) is 16.3 Å². The smallest absolute Gasteiger partial charge is 0.191 e. The van der Waals surface area contributed by atoms with E-state index in [9.17, 15) is 4.39 Å². The van der Waals surface area contributed by atoms with Crippen LogP contribution in [0.25, 0.3) is 0 Å². The average molecular weight is 291 g/mol. The van der Waals surface area contributed by atoms with Crippen molar-refractivity contribution in [3.63, 3.8) is 0 Å². The van der Waals surface area contributed by atoms with Gasteiger partial charge in [0.15, 0.2) is 5.16 Å². The molecule has 0 saturated heterocycles. The summed E-state index contributed by atoms with van der Waals surface area (Å²) in [6.45, 7) is 2.99. The highest BCUT2D eigenvalue weighted by Gasteiger charge is 2.11. The molecule has 104 valence electrons. The lowest BCUT2D eigenvalue weighted by Gasteiger charge is -2.07. The molecular weight excluding hydrogens is 277 g/mol.